The maximum atomic E-state index is 9.78. The molecule has 4 heteroatoms. The predicted molar refractivity (Wildman–Crippen MR) is 91.1 cm³/mol. The van der Waals surface area contributed by atoms with E-state index in [1.807, 2.05) is 66.7 Å². The van der Waals surface area contributed by atoms with Gasteiger partial charge in [-0.1, -0.05) is 54.6 Å². The molecule has 0 atom stereocenters. The molecule has 1 aromatic heterocycles. The molecule has 3 aromatic carbocycles. The number of H-pyrrole nitrogens is 1. The van der Waals surface area contributed by atoms with Gasteiger partial charge >= 0.3 is 7.12 Å². The Kier molecular flexibility index (Phi) is 3.00. The van der Waals surface area contributed by atoms with Crippen molar-refractivity contribution in [2.75, 3.05) is 0 Å². The van der Waals surface area contributed by atoms with Gasteiger partial charge in [-0.15, -0.1) is 0 Å². The molecule has 0 aliphatic rings. The molecule has 4 rings (SSSR count). The van der Waals surface area contributed by atoms with E-state index in [9.17, 15) is 10.0 Å². The minimum atomic E-state index is -1.51. The molecule has 0 saturated heterocycles. The zero-order valence-corrected chi connectivity index (χ0v) is 11.8. The Balaban J connectivity index is 2.08. The second kappa shape index (κ2) is 5.02. The van der Waals surface area contributed by atoms with Crippen molar-refractivity contribution in [3.8, 4) is 11.1 Å². The lowest BCUT2D eigenvalue weighted by Crippen LogP contribution is -2.31. The van der Waals surface area contributed by atoms with Gasteiger partial charge in [-0.2, -0.15) is 0 Å². The Morgan fingerprint density at radius 1 is 0.727 bits per heavy atom. The summed E-state index contributed by atoms with van der Waals surface area (Å²) >= 11 is 0. The van der Waals surface area contributed by atoms with Crippen LogP contribution >= 0.6 is 0 Å². The van der Waals surface area contributed by atoms with Crippen LogP contribution in [0.25, 0.3) is 32.9 Å². The van der Waals surface area contributed by atoms with E-state index in [-0.39, 0.29) is 0 Å². The van der Waals surface area contributed by atoms with E-state index in [1.54, 1.807) is 0 Å². The summed E-state index contributed by atoms with van der Waals surface area (Å²) in [5, 5.41) is 21.6. The molecule has 0 unspecified atom stereocenters. The molecule has 0 radical (unpaired) electrons. The van der Waals surface area contributed by atoms with Crippen LogP contribution < -0.4 is 5.46 Å². The van der Waals surface area contributed by atoms with Crippen LogP contribution in [0.5, 0.6) is 0 Å². The number of para-hydroxylation sites is 1. The zero-order valence-electron chi connectivity index (χ0n) is 11.8. The Morgan fingerprint density at radius 3 is 2.23 bits per heavy atom. The monoisotopic (exact) mass is 287 g/mol. The van der Waals surface area contributed by atoms with Crippen LogP contribution in [0, 0.1) is 0 Å². The Morgan fingerprint density at radius 2 is 1.45 bits per heavy atom. The van der Waals surface area contributed by atoms with Crippen LogP contribution in [0.15, 0.2) is 66.7 Å². The minimum absolute atomic E-state index is 0.517. The van der Waals surface area contributed by atoms with Crippen molar-refractivity contribution < 1.29 is 10.0 Å². The van der Waals surface area contributed by atoms with Crippen LogP contribution in [0.1, 0.15) is 0 Å². The van der Waals surface area contributed by atoms with Crippen molar-refractivity contribution in [2.45, 2.75) is 0 Å². The predicted octanol–water partition coefficient (Wildman–Crippen LogP) is 2.67. The average Bonchev–Trinajstić information content (AvgIpc) is 2.92. The van der Waals surface area contributed by atoms with Crippen LogP contribution in [-0.2, 0) is 0 Å². The van der Waals surface area contributed by atoms with Crippen LogP contribution in [0.4, 0.5) is 0 Å². The molecule has 0 aliphatic carbocycles. The first-order chi connectivity index (χ1) is 10.7. The van der Waals surface area contributed by atoms with Crippen molar-refractivity contribution in [1.82, 2.24) is 4.98 Å². The molecular formula is C18H14BNO2. The molecule has 1 heterocycles. The summed E-state index contributed by atoms with van der Waals surface area (Å²) in [5.41, 5.74) is 4.34. The van der Waals surface area contributed by atoms with E-state index >= 15 is 0 Å². The van der Waals surface area contributed by atoms with Crippen molar-refractivity contribution in [1.29, 1.82) is 0 Å². The number of nitrogens with one attached hydrogen (secondary N) is 1. The molecule has 0 aliphatic heterocycles. The summed E-state index contributed by atoms with van der Waals surface area (Å²) in [5.74, 6) is 0. The summed E-state index contributed by atoms with van der Waals surface area (Å²) in [6.07, 6.45) is 0. The lowest BCUT2D eigenvalue weighted by atomic mass is 9.74. The summed E-state index contributed by atoms with van der Waals surface area (Å²) < 4.78 is 0. The Labute approximate surface area is 128 Å². The van der Waals surface area contributed by atoms with Gasteiger partial charge in [0.05, 0.1) is 0 Å². The van der Waals surface area contributed by atoms with Gasteiger partial charge in [0, 0.05) is 21.8 Å². The molecule has 3 N–H and O–H groups in total. The molecule has 0 amide bonds. The molecule has 106 valence electrons. The maximum Gasteiger partial charge on any atom is 0.489 e. The third-order valence-corrected chi connectivity index (χ3v) is 4.04. The third-order valence-electron chi connectivity index (χ3n) is 4.04. The fourth-order valence-corrected chi connectivity index (χ4v) is 3.00. The Bertz CT molecular complexity index is 961. The molecule has 0 bridgehead atoms. The first-order valence-electron chi connectivity index (χ1n) is 7.20. The van der Waals surface area contributed by atoms with Gasteiger partial charge in [0.2, 0.25) is 0 Å². The lowest BCUT2D eigenvalue weighted by molar-refractivity contribution is 0.426. The number of hydrogen-bond donors (Lipinski definition) is 3. The van der Waals surface area contributed by atoms with Crippen molar-refractivity contribution in [2.24, 2.45) is 0 Å². The number of aromatic nitrogens is 1. The fraction of sp³-hybridized carbons (Fsp3) is 0. The molecule has 3 nitrogen and oxygen atoms in total. The smallest absolute Gasteiger partial charge is 0.423 e. The SMILES string of the molecule is OB(O)c1cc2c(cc1-c1ccccc1)[nH]c1ccccc12. The lowest BCUT2D eigenvalue weighted by Gasteiger charge is -2.10. The van der Waals surface area contributed by atoms with Crippen molar-refractivity contribution >= 4 is 34.4 Å². The number of rotatable bonds is 2. The van der Waals surface area contributed by atoms with Gasteiger partial charge < -0.3 is 15.0 Å². The van der Waals surface area contributed by atoms with Gasteiger partial charge in [-0.05, 0) is 28.7 Å². The standard InChI is InChI=1S/C18H14BNO2/c21-19(22)16-10-15-13-8-4-5-9-17(13)20-18(15)11-14(16)12-6-2-1-3-7-12/h1-11,20-22H. The van der Waals surface area contributed by atoms with Gasteiger partial charge in [0.1, 0.15) is 0 Å². The summed E-state index contributed by atoms with van der Waals surface area (Å²) in [6, 6.07) is 21.6. The average molecular weight is 287 g/mol. The van der Waals surface area contributed by atoms with Crippen LogP contribution in [-0.4, -0.2) is 22.2 Å². The second-order valence-corrected chi connectivity index (χ2v) is 5.40. The van der Waals surface area contributed by atoms with E-state index < -0.39 is 7.12 Å². The number of fused-ring (bicyclic) bond motifs is 3. The summed E-state index contributed by atoms with van der Waals surface area (Å²) in [4.78, 5) is 3.39. The highest BCUT2D eigenvalue weighted by Crippen LogP contribution is 2.28. The molecule has 0 fully saturated rings. The maximum absolute atomic E-state index is 9.78. The van der Waals surface area contributed by atoms with Crippen LogP contribution in [0.2, 0.25) is 0 Å². The Hall–Kier alpha value is -2.56. The minimum Gasteiger partial charge on any atom is -0.423 e. The first-order valence-corrected chi connectivity index (χ1v) is 7.20. The molecule has 0 saturated carbocycles. The first kappa shape index (κ1) is 13.1. The highest BCUT2D eigenvalue weighted by Gasteiger charge is 2.19. The number of benzene rings is 3. The quantitative estimate of drug-likeness (QED) is 0.496. The van der Waals surface area contributed by atoms with Gasteiger partial charge in [0.15, 0.2) is 0 Å². The van der Waals surface area contributed by atoms with Crippen LogP contribution in [0.3, 0.4) is 0 Å². The zero-order chi connectivity index (χ0) is 15.1. The second-order valence-electron chi connectivity index (χ2n) is 5.40. The van der Waals surface area contributed by atoms with Gasteiger partial charge in [-0.3, -0.25) is 0 Å². The van der Waals surface area contributed by atoms with E-state index in [0.717, 1.165) is 32.9 Å². The van der Waals surface area contributed by atoms with E-state index in [4.69, 9.17) is 0 Å². The normalized spacial score (nSPS) is 11.2. The highest BCUT2D eigenvalue weighted by atomic mass is 16.4. The summed E-state index contributed by atoms with van der Waals surface area (Å²) in [6.45, 7) is 0. The van der Waals surface area contributed by atoms with E-state index in [2.05, 4.69) is 4.98 Å². The molecule has 22 heavy (non-hydrogen) atoms. The highest BCUT2D eigenvalue weighted by molar-refractivity contribution is 6.61. The molecular weight excluding hydrogens is 273 g/mol. The van der Waals surface area contributed by atoms with E-state index in [1.165, 1.54) is 0 Å². The van der Waals surface area contributed by atoms with Gasteiger partial charge in [0.25, 0.3) is 0 Å². The number of aromatic amines is 1. The topological polar surface area (TPSA) is 56.2 Å². The fourth-order valence-electron chi connectivity index (χ4n) is 3.00. The number of hydrogen-bond acceptors (Lipinski definition) is 2. The third kappa shape index (κ3) is 2.01. The molecule has 0 spiro atoms. The molecule has 4 aromatic rings. The van der Waals surface area contributed by atoms with Gasteiger partial charge in [-0.25, -0.2) is 0 Å². The van der Waals surface area contributed by atoms with Crippen molar-refractivity contribution in [3.05, 3.63) is 66.7 Å². The largest absolute Gasteiger partial charge is 0.489 e. The van der Waals surface area contributed by atoms with E-state index in [0.29, 0.717) is 5.46 Å². The summed E-state index contributed by atoms with van der Waals surface area (Å²) in [7, 11) is -1.51. The van der Waals surface area contributed by atoms with Crippen molar-refractivity contribution in [3.63, 3.8) is 0 Å².